The number of nitrogens with one attached hydrogen (secondary N) is 1. The minimum atomic E-state index is -0.778. The van der Waals surface area contributed by atoms with Gasteiger partial charge in [-0.15, -0.1) is 0 Å². The van der Waals surface area contributed by atoms with Crippen LogP contribution in [0, 0.1) is 0 Å². The van der Waals surface area contributed by atoms with Gasteiger partial charge in [0.25, 0.3) is 0 Å². The third kappa shape index (κ3) is 6.49. The summed E-state index contributed by atoms with van der Waals surface area (Å²) in [5.41, 5.74) is 0. The average molecular weight is 191 g/mol. The average Bonchev–Trinajstić information content (AvgIpc) is 2.03. The van der Waals surface area contributed by atoms with Crippen LogP contribution in [0.25, 0.3) is 0 Å². The first-order valence-electron chi connectivity index (χ1n) is 4.13. The van der Waals surface area contributed by atoms with Crippen molar-refractivity contribution in [3.63, 3.8) is 0 Å². The molecule has 72 valence electrons. The van der Waals surface area contributed by atoms with Crippen LogP contribution in [0.1, 0.15) is 19.8 Å². The molecule has 0 rings (SSSR count). The number of carbonyl (C=O) groups is 1. The van der Waals surface area contributed by atoms with Gasteiger partial charge in [-0.3, -0.25) is 4.79 Å². The zero-order valence-electron chi connectivity index (χ0n) is 7.67. The molecule has 0 aromatic heterocycles. The number of aliphatic carboxylic acids is 1. The molecule has 0 saturated heterocycles. The maximum atomic E-state index is 10.4. The minimum Gasteiger partial charge on any atom is -0.480 e. The summed E-state index contributed by atoms with van der Waals surface area (Å²) in [5, 5.41) is 11.5. The minimum absolute atomic E-state index is 0.417. The fraction of sp³-hybridized carbons (Fsp3) is 0.875. The molecule has 3 nitrogen and oxygen atoms in total. The second-order valence-electron chi connectivity index (χ2n) is 2.71. The van der Waals surface area contributed by atoms with Crippen LogP contribution in [0.5, 0.6) is 0 Å². The molecule has 0 spiro atoms. The van der Waals surface area contributed by atoms with E-state index >= 15 is 0 Å². The molecule has 0 aliphatic heterocycles. The van der Waals surface area contributed by atoms with Crippen LogP contribution in [-0.2, 0) is 4.79 Å². The maximum Gasteiger partial charge on any atom is 0.320 e. The van der Waals surface area contributed by atoms with Crippen LogP contribution < -0.4 is 5.32 Å². The summed E-state index contributed by atoms with van der Waals surface area (Å²) in [4.78, 5) is 10.4. The van der Waals surface area contributed by atoms with E-state index in [2.05, 4.69) is 11.6 Å². The molecular weight excluding hydrogens is 174 g/mol. The van der Waals surface area contributed by atoms with Crippen LogP contribution in [0.2, 0.25) is 0 Å². The first kappa shape index (κ1) is 11.8. The van der Waals surface area contributed by atoms with E-state index in [1.165, 1.54) is 0 Å². The zero-order chi connectivity index (χ0) is 9.40. The van der Waals surface area contributed by atoms with Gasteiger partial charge in [-0.2, -0.15) is 11.8 Å². The Balaban J connectivity index is 3.14. The summed E-state index contributed by atoms with van der Waals surface area (Å²) in [7, 11) is 0. The molecule has 0 amide bonds. The van der Waals surface area contributed by atoms with Gasteiger partial charge in [-0.1, -0.05) is 0 Å². The van der Waals surface area contributed by atoms with E-state index in [4.69, 9.17) is 5.11 Å². The van der Waals surface area contributed by atoms with Crippen LogP contribution in [0.4, 0.5) is 0 Å². The van der Waals surface area contributed by atoms with Gasteiger partial charge in [0, 0.05) is 0 Å². The molecule has 0 heterocycles. The number of rotatable bonds is 7. The summed E-state index contributed by atoms with van der Waals surface area (Å²) in [6.07, 6.45) is 4.28. The Labute approximate surface area is 77.9 Å². The number of thioether (sulfide) groups is 1. The van der Waals surface area contributed by atoms with Crippen molar-refractivity contribution in [3.8, 4) is 0 Å². The van der Waals surface area contributed by atoms with Crippen molar-refractivity contribution in [2.45, 2.75) is 25.8 Å². The molecule has 0 aliphatic carbocycles. The van der Waals surface area contributed by atoms with E-state index < -0.39 is 12.0 Å². The number of unbranched alkanes of at least 4 members (excludes halogenated alkanes) is 1. The van der Waals surface area contributed by atoms with Gasteiger partial charge in [0.15, 0.2) is 0 Å². The maximum absolute atomic E-state index is 10.4. The van der Waals surface area contributed by atoms with Crippen molar-refractivity contribution in [1.29, 1.82) is 0 Å². The first-order chi connectivity index (χ1) is 5.68. The molecule has 1 atom stereocenters. The summed E-state index contributed by atoms with van der Waals surface area (Å²) < 4.78 is 0. The SMILES string of the molecule is CSCCCCNC(C)C(=O)O. The third-order valence-electron chi connectivity index (χ3n) is 1.60. The van der Waals surface area contributed by atoms with Gasteiger partial charge in [0.2, 0.25) is 0 Å². The molecule has 1 unspecified atom stereocenters. The van der Waals surface area contributed by atoms with Crippen molar-refractivity contribution in [1.82, 2.24) is 5.32 Å². The largest absolute Gasteiger partial charge is 0.480 e. The van der Waals surface area contributed by atoms with E-state index in [0.717, 1.165) is 25.1 Å². The molecule has 0 bridgehead atoms. The number of carboxylic acid groups (broad SMARTS) is 1. The molecule has 0 aliphatic rings. The lowest BCUT2D eigenvalue weighted by molar-refractivity contribution is -0.138. The van der Waals surface area contributed by atoms with Crippen molar-refractivity contribution in [2.75, 3.05) is 18.6 Å². The van der Waals surface area contributed by atoms with E-state index in [1.807, 2.05) is 11.8 Å². The van der Waals surface area contributed by atoms with Crippen molar-refractivity contribution in [2.24, 2.45) is 0 Å². The standard InChI is InChI=1S/C8H17NO2S/c1-7(8(10)11)9-5-3-4-6-12-2/h7,9H,3-6H2,1-2H3,(H,10,11). The van der Waals surface area contributed by atoms with Gasteiger partial charge in [0.1, 0.15) is 6.04 Å². The fourth-order valence-corrected chi connectivity index (χ4v) is 1.27. The summed E-state index contributed by atoms with van der Waals surface area (Å²) in [6, 6.07) is -0.417. The van der Waals surface area contributed by atoms with Crippen molar-refractivity contribution in [3.05, 3.63) is 0 Å². The summed E-state index contributed by atoms with van der Waals surface area (Å²) in [5.74, 6) is 0.378. The fourth-order valence-electron chi connectivity index (χ4n) is 0.777. The van der Waals surface area contributed by atoms with Gasteiger partial charge < -0.3 is 10.4 Å². The summed E-state index contributed by atoms with van der Waals surface area (Å²) in [6.45, 7) is 2.46. The lowest BCUT2D eigenvalue weighted by Crippen LogP contribution is -2.34. The van der Waals surface area contributed by atoms with E-state index in [9.17, 15) is 4.79 Å². The second-order valence-corrected chi connectivity index (χ2v) is 3.70. The highest BCUT2D eigenvalue weighted by Gasteiger charge is 2.07. The first-order valence-corrected chi connectivity index (χ1v) is 5.53. The molecule has 0 fully saturated rings. The van der Waals surface area contributed by atoms with E-state index in [-0.39, 0.29) is 0 Å². The van der Waals surface area contributed by atoms with Crippen LogP contribution in [0.3, 0.4) is 0 Å². The Morgan fingerprint density at radius 1 is 1.58 bits per heavy atom. The van der Waals surface area contributed by atoms with Gasteiger partial charge in [0.05, 0.1) is 0 Å². The molecule has 4 heteroatoms. The quantitative estimate of drug-likeness (QED) is 0.594. The van der Waals surface area contributed by atoms with Gasteiger partial charge in [-0.05, 0) is 38.3 Å². The Kier molecular flexibility index (Phi) is 7.29. The highest BCUT2D eigenvalue weighted by molar-refractivity contribution is 7.98. The molecule has 0 saturated carbocycles. The van der Waals surface area contributed by atoms with Crippen LogP contribution in [-0.4, -0.2) is 35.7 Å². The molecule has 0 aromatic rings. The Bertz CT molecular complexity index is 130. The van der Waals surface area contributed by atoms with Gasteiger partial charge in [-0.25, -0.2) is 0 Å². The normalized spacial score (nSPS) is 12.8. The van der Waals surface area contributed by atoms with E-state index in [0.29, 0.717) is 0 Å². The Morgan fingerprint density at radius 3 is 2.75 bits per heavy atom. The van der Waals surface area contributed by atoms with Crippen molar-refractivity contribution < 1.29 is 9.90 Å². The second kappa shape index (κ2) is 7.43. The molecular formula is C8H17NO2S. The number of carboxylic acids is 1. The monoisotopic (exact) mass is 191 g/mol. The Morgan fingerprint density at radius 2 is 2.25 bits per heavy atom. The lowest BCUT2D eigenvalue weighted by Gasteiger charge is -2.07. The zero-order valence-corrected chi connectivity index (χ0v) is 8.49. The number of hydrogen-bond acceptors (Lipinski definition) is 3. The summed E-state index contributed by atoms with van der Waals surface area (Å²) >= 11 is 1.82. The Hall–Kier alpha value is -0.220. The topological polar surface area (TPSA) is 49.3 Å². The van der Waals surface area contributed by atoms with Crippen LogP contribution in [0.15, 0.2) is 0 Å². The van der Waals surface area contributed by atoms with Crippen LogP contribution >= 0.6 is 11.8 Å². The smallest absolute Gasteiger partial charge is 0.320 e. The van der Waals surface area contributed by atoms with Crippen molar-refractivity contribution >= 4 is 17.7 Å². The molecule has 12 heavy (non-hydrogen) atoms. The number of hydrogen-bond donors (Lipinski definition) is 2. The third-order valence-corrected chi connectivity index (χ3v) is 2.29. The lowest BCUT2D eigenvalue weighted by atomic mass is 10.3. The van der Waals surface area contributed by atoms with Gasteiger partial charge >= 0.3 is 5.97 Å². The highest BCUT2D eigenvalue weighted by Crippen LogP contribution is 1.98. The molecule has 2 N–H and O–H groups in total. The predicted octanol–water partition coefficient (Wildman–Crippen LogP) is 1.19. The highest BCUT2D eigenvalue weighted by atomic mass is 32.2. The predicted molar refractivity (Wildman–Crippen MR) is 52.7 cm³/mol. The molecule has 0 aromatic carbocycles. The molecule has 0 radical (unpaired) electrons. The van der Waals surface area contributed by atoms with E-state index in [1.54, 1.807) is 6.92 Å².